The first kappa shape index (κ1) is 13.8. The van der Waals surface area contributed by atoms with Gasteiger partial charge in [-0.2, -0.15) is 0 Å². The predicted molar refractivity (Wildman–Crippen MR) is 80.6 cm³/mol. The minimum Gasteiger partial charge on any atom is -0.367 e. The van der Waals surface area contributed by atoms with Gasteiger partial charge in [0.1, 0.15) is 5.82 Å². The van der Waals surface area contributed by atoms with E-state index in [4.69, 9.17) is 0 Å². The number of nitrogens with one attached hydrogen (secondary N) is 2. The third kappa shape index (κ3) is 3.30. The molecule has 20 heavy (non-hydrogen) atoms. The second kappa shape index (κ2) is 6.55. The topological polar surface area (TPSA) is 27.3 Å². The lowest BCUT2D eigenvalue weighted by Crippen LogP contribution is -2.43. The summed E-state index contributed by atoms with van der Waals surface area (Å²) in [5, 5.41) is 6.90. The zero-order valence-electron chi connectivity index (χ0n) is 12.0. The summed E-state index contributed by atoms with van der Waals surface area (Å²) in [7, 11) is 0. The second-order valence-corrected chi connectivity index (χ2v) is 5.89. The van der Waals surface area contributed by atoms with Crippen molar-refractivity contribution in [2.75, 3.05) is 31.1 Å². The van der Waals surface area contributed by atoms with Crippen molar-refractivity contribution in [3.8, 4) is 0 Å². The van der Waals surface area contributed by atoms with Gasteiger partial charge in [-0.3, -0.25) is 0 Å². The molecule has 0 amide bonds. The van der Waals surface area contributed by atoms with E-state index in [0.717, 1.165) is 38.4 Å². The maximum absolute atomic E-state index is 14.0. The van der Waals surface area contributed by atoms with Crippen molar-refractivity contribution in [3.63, 3.8) is 0 Å². The molecule has 0 radical (unpaired) electrons. The second-order valence-electron chi connectivity index (χ2n) is 5.89. The summed E-state index contributed by atoms with van der Waals surface area (Å²) >= 11 is 0. The maximum Gasteiger partial charge on any atom is 0.146 e. The van der Waals surface area contributed by atoms with Crippen LogP contribution in [0, 0.1) is 5.82 Å². The van der Waals surface area contributed by atoms with Crippen LogP contribution in [0.25, 0.3) is 0 Å². The Balaban J connectivity index is 1.65. The molecule has 4 heteroatoms. The van der Waals surface area contributed by atoms with Crippen molar-refractivity contribution in [1.82, 2.24) is 10.6 Å². The molecule has 1 heterocycles. The number of nitrogens with zero attached hydrogens (tertiary/aromatic N) is 1. The minimum atomic E-state index is -0.100. The Kier molecular flexibility index (Phi) is 4.53. The van der Waals surface area contributed by atoms with Crippen LogP contribution in [0.1, 0.15) is 31.2 Å². The molecule has 1 aromatic rings. The summed E-state index contributed by atoms with van der Waals surface area (Å²) in [5.41, 5.74) is 1.95. The summed E-state index contributed by atoms with van der Waals surface area (Å²) < 4.78 is 14.0. The van der Waals surface area contributed by atoms with Gasteiger partial charge in [0.25, 0.3) is 0 Å². The van der Waals surface area contributed by atoms with Crippen LogP contribution >= 0.6 is 0 Å². The van der Waals surface area contributed by atoms with Gasteiger partial charge in [-0.25, -0.2) is 4.39 Å². The molecule has 3 rings (SSSR count). The molecule has 0 aromatic heterocycles. The molecule has 1 aliphatic heterocycles. The van der Waals surface area contributed by atoms with Gasteiger partial charge in [0.15, 0.2) is 0 Å². The van der Waals surface area contributed by atoms with E-state index in [1.807, 2.05) is 12.1 Å². The largest absolute Gasteiger partial charge is 0.367 e. The molecule has 1 saturated carbocycles. The molecule has 0 spiro atoms. The SMILES string of the molecule is Fc1ccc(CNC2CCCC2)cc1N1CCNCC1. The Hall–Kier alpha value is -1.13. The van der Waals surface area contributed by atoms with Gasteiger partial charge in [0.2, 0.25) is 0 Å². The van der Waals surface area contributed by atoms with E-state index < -0.39 is 0 Å². The van der Waals surface area contributed by atoms with E-state index in [1.54, 1.807) is 6.07 Å². The minimum absolute atomic E-state index is 0.100. The van der Waals surface area contributed by atoms with Crippen molar-refractivity contribution >= 4 is 5.69 Å². The molecule has 1 aromatic carbocycles. The molecular formula is C16H24FN3. The number of benzene rings is 1. The molecule has 2 fully saturated rings. The number of hydrogen-bond donors (Lipinski definition) is 2. The Morgan fingerprint density at radius 2 is 1.95 bits per heavy atom. The smallest absolute Gasteiger partial charge is 0.146 e. The molecule has 1 saturated heterocycles. The van der Waals surface area contributed by atoms with Crippen LogP contribution in [0.2, 0.25) is 0 Å². The third-order valence-electron chi connectivity index (χ3n) is 4.42. The van der Waals surface area contributed by atoms with Crippen LogP contribution in [0.5, 0.6) is 0 Å². The highest BCUT2D eigenvalue weighted by molar-refractivity contribution is 5.50. The predicted octanol–water partition coefficient (Wildman–Crippen LogP) is 2.27. The van der Waals surface area contributed by atoms with Crippen LogP contribution in [-0.4, -0.2) is 32.2 Å². The summed E-state index contributed by atoms with van der Waals surface area (Å²) in [6, 6.07) is 6.19. The van der Waals surface area contributed by atoms with Gasteiger partial charge in [0, 0.05) is 38.8 Å². The fraction of sp³-hybridized carbons (Fsp3) is 0.625. The van der Waals surface area contributed by atoms with E-state index in [2.05, 4.69) is 15.5 Å². The Bertz CT molecular complexity index is 437. The molecule has 0 atom stereocenters. The van der Waals surface area contributed by atoms with Gasteiger partial charge < -0.3 is 15.5 Å². The van der Waals surface area contributed by atoms with Gasteiger partial charge in [-0.15, -0.1) is 0 Å². The van der Waals surface area contributed by atoms with Crippen molar-refractivity contribution in [1.29, 1.82) is 0 Å². The molecule has 1 aliphatic carbocycles. The Morgan fingerprint density at radius 1 is 1.20 bits per heavy atom. The first-order valence-electron chi connectivity index (χ1n) is 7.80. The maximum atomic E-state index is 14.0. The monoisotopic (exact) mass is 277 g/mol. The highest BCUT2D eigenvalue weighted by atomic mass is 19.1. The molecule has 0 bridgehead atoms. The third-order valence-corrected chi connectivity index (χ3v) is 4.42. The summed E-state index contributed by atoms with van der Waals surface area (Å²) in [5.74, 6) is -0.100. The molecule has 110 valence electrons. The van der Waals surface area contributed by atoms with Crippen molar-refractivity contribution < 1.29 is 4.39 Å². The molecule has 2 N–H and O–H groups in total. The molecule has 3 nitrogen and oxygen atoms in total. The lowest BCUT2D eigenvalue weighted by molar-refractivity contribution is 0.523. The Morgan fingerprint density at radius 3 is 2.70 bits per heavy atom. The average Bonchev–Trinajstić information content (AvgIpc) is 3.01. The van der Waals surface area contributed by atoms with Crippen molar-refractivity contribution in [2.24, 2.45) is 0 Å². The van der Waals surface area contributed by atoms with E-state index in [-0.39, 0.29) is 5.82 Å². The summed E-state index contributed by atoms with van der Waals surface area (Å²) in [4.78, 5) is 2.14. The number of halogens is 1. The van der Waals surface area contributed by atoms with Gasteiger partial charge in [-0.1, -0.05) is 18.9 Å². The van der Waals surface area contributed by atoms with Gasteiger partial charge in [0.05, 0.1) is 5.69 Å². The first-order valence-corrected chi connectivity index (χ1v) is 7.80. The van der Waals surface area contributed by atoms with Crippen LogP contribution in [0.15, 0.2) is 18.2 Å². The van der Waals surface area contributed by atoms with E-state index in [9.17, 15) is 4.39 Å². The average molecular weight is 277 g/mol. The lowest BCUT2D eigenvalue weighted by atomic mass is 10.1. The standard InChI is InChI=1S/C16H24FN3/c17-15-6-5-13(12-19-14-3-1-2-4-14)11-16(15)20-9-7-18-8-10-20/h5-6,11,14,18-19H,1-4,7-10,12H2. The fourth-order valence-corrected chi connectivity index (χ4v) is 3.21. The number of piperazine rings is 1. The van der Waals surface area contributed by atoms with Gasteiger partial charge >= 0.3 is 0 Å². The zero-order chi connectivity index (χ0) is 13.8. The quantitative estimate of drug-likeness (QED) is 0.884. The molecule has 0 unspecified atom stereocenters. The lowest BCUT2D eigenvalue weighted by Gasteiger charge is -2.30. The van der Waals surface area contributed by atoms with Crippen molar-refractivity contribution in [2.45, 2.75) is 38.3 Å². The van der Waals surface area contributed by atoms with E-state index in [0.29, 0.717) is 6.04 Å². The van der Waals surface area contributed by atoms with Crippen LogP contribution in [-0.2, 0) is 6.54 Å². The highest BCUT2D eigenvalue weighted by Gasteiger charge is 2.16. The normalized spacial score (nSPS) is 20.6. The van der Waals surface area contributed by atoms with Crippen LogP contribution < -0.4 is 15.5 Å². The summed E-state index contributed by atoms with van der Waals surface area (Å²) in [6.45, 7) is 4.49. The molecular weight excluding hydrogens is 253 g/mol. The summed E-state index contributed by atoms with van der Waals surface area (Å²) in [6.07, 6.45) is 5.25. The van der Waals surface area contributed by atoms with Gasteiger partial charge in [-0.05, 0) is 30.5 Å². The number of rotatable bonds is 4. The van der Waals surface area contributed by atoms with E-state index in [1.165, 1.54) is 31.2 Å². The van der Waals surface area contributed by atoms with Crippen molar-refractivity contribution in [3.05, 3.63) is 29.6 Å². The first-order chi connectivity index (χ1) is 9.83. The zero-order valence-corrected chi connectivity index (χ0v) is 12.0. The fourth-order valence-electron chi connectivity index (χ4n) is 3.21. The highest BCUT2D eigenvalue weighted by Crippen LogP contribution is 2.22. The molecule has 2 aliphatic rings. The van der Waals surface area contributed by atoms with Crippen LogP contribution in [0.3, 0.4) is 0 Å². The Labute approximate surface area is 120 Å². The number of hydrogen-bond acceptors (Lipinski definition) is 3. The van der Waals surface area contributed by atoms with Crippen LogP contribution in [0.4, 0.5) is 10.1 Å². The number of anilines is 1. The van der Waals surface area contributed by atoms with E-state index >= 15 is 0 Å².